The molecule has 1 N–H and O–H groups in total. The van der Waals surface area contributed by atoms with Crippen LogP contribution in [-0.4, -0.2) is 27.2 Å². The van der Waals surface area contributed by atoms with Crippen LogP contribution in [0, 0.1) is 0 Å². The van der Waals surface area contributed by atoms with E-state index in [1.54, 1.807) is 18.2 Å². The number of hydrogen-bond donors (Lipinski definition) is 1. The van der Waals surface area contributed by atoms with Crippen molar-refractivity contribution >= 4 is 17.7 Å². The number of anilines is 1. The van der Waals surface area contributed by atoms with Crippen molar-refractivity contribution in [3.05, 3.63) is 83.9 Å². The van der Waals surface area contributed by atoms with Gasteiger partial charge >= 0.3 is 0 Å². The largest absolute Gasteiger partial charge is 0.493 e. The maximum absolute atomic E-state index is 12.4. The van der Waals surface area contributed by atoms with Gasteiger partial charge in [-0.15, -0.1) is 0 Å². The lowest BCUT2D eigenvalue weighted by molar-refractivity contribution is -0.111. The van der Waals surface area contributed by atoms with Crippen molar-refractivity contribution < 1.29 is 23.7 Å². The van der Waals surface area contributed by atoms with Gasteiger partial charge in [0.05, 0.1) is 21.3 Å². The van der Waals surface area contributed by atoms with E-state index in [-0.39, 0.29) is 5.91 Å². The summed E-state index contributed by atoms with van der Waals surface area (Å²) >= 11 is 0. The Hall–Kier alpha value is -3.93. The van der Waals surface area contributed by atoms with E-state index in [2.05, 4.69) is 5.32 Å². The third-order valence-electron chi connectivity index (χ3n) is 4.47. The highest BCUT2D eigenvalue weighted by Crippen LogP contribution is 2.39. The Morgan fingerprint density at radius 3 is 2.23 bits per heavy atom. The summed E-state index contributed by atoms with van der Waals surface area (Å²) < 4.78 is 21.7. The van der Waals surface area contributed by atoms with Gasteiger partial charge in [-0.3, -0.25) is 4.79 Å². The van der Waals surface area contributed by atoms with Crippen molar-refractivity contribution in [2.24, 2.45) is 0 Å². The zero-order valence-electron chi connectivity index (χ0n) is 17.8. The fourth-order valence-electron chi connectivity index (χ4n) is 2.96. The Labute approximate surface area is 182 Å². The topological polar surface area (TPSA) is 66.0 Å². The van der Waals surface area contributed by atoms with E-state index in [1.165, 1.54) is 27.4 Å². The van der Waals surface area contributed by atoms with Gasteiger partial charge in [-0.1, -0.05) is 42.5 Å². The maximum Gasteiger partial charge on any atom is 0.248 e. The van der Waals surface area contributed by atoms with Crippen molar-refractivity contribution in [3.8, 4) is 23.0 Å². The van der Waals surface area contributed by atoms with E-state index in [0.29, 0.717) is 29.5 Å². The summed E-state index contributed by atoms with van der Waals surface area (Å²) in [7, 11) is 4.57. The van der Waals surface area contributed by atoms with Crippen LogP contribution in [0.4, 0.5) is 5.69 Å². The summed E-state index contributed by atoms with van der Waals surface area (Å²) in [5, 5.41) is 2.80. The van der Waals surface area contributed by atoms with Crippen LogP contribution in [0.3, 0.4) is 0 Å². The molecule has 1 amide bonds. The molecule has 0 aromatic heterocycles. The SMILES string of the molecule is COc1cc(NC(=O)/C=C/c2cccc(OCc3ccccc3)c2)cc(OC)c1OC. The molecule has 0 aliphatic heterocycles. The first-order valence-electron chi connectivity index (χ1n) is 9.69. The van der Waals surface area contributed by atoms with E-state index < -0.39 is 0 Å². The molecule has 6 heteroatoms. The maximum atomic E-state index is 12.4. The molecule has 0 saturated heterocycles. The average Bonchev–Trinajstić information content (AvgIpc) is 2.81. The van der Waals surface area contributed by atoms with Crippen molar-refractivity contribution in [2.75, 3.05) is 26.6 Å². The zero-order chi connectivity index (χ0) is 22.1. The number of carbonyl (C=O) groups is 1. The first-order valence-corrected chi connectivity index (χ1v) is 9.69. The standard InChI is InChI=1S/C25H25NO5/c1-28-22-15-20(16-23(29-2)25(22)30-3)26-24(27)13-12-18-10-7-11-21(14-18)31-17-19-8-5-4-6-9-19/h4-16H,17H2,1-3H3,(H,26,27)/b13-12+. The lowest BCUT2D eigenvalue weighted by Crippen LogP contribution is -2.08. The molecule has 0 aliphatic carbocycles. The summed E-state index contributed by atoms with van der Waals surface area (Å²) in [4.78, 5) is 12.4. The third kappa shape index (κ3) is 6.02. The first kappa shape index (κ1) is 21.8. The Balaban J connectivity index is 1.65. The second-order valence-electron chi connectivity index (χ2n) is 6.58. The molecule has 0 saturated carbocycles. The second-order valence-corrected chi connectivity index (χ2v) is 6.58. The molecule has 0 fully saturated rings. The van der Waals surface area contributed by atoms with Crippen molar-refractivity contribution in [1.29, 1.82) is 0 Å². The van der Waals surface area contributed by atoms with Gasteiger partial charge in [-0.05, 0) is 29.3 Å². The van der Waals surface area contributed by atoms with Gasteiger partial charge in [-0.2, -0.15) is 0 Å². The van der Waals surface area contributed by atoms with Crippen LogP contribution >= 0.6 is 0 Å². The van der Waals surface area contributed by atoms with Gasteiger partial charge in [0.15, 0.2) is 11.5 Å². The number of ether oxygens (including phenoxy) is 4. The molecule has 0 aliphatic rings. The molecule has 0 atom stereocenters. The normalized spacial score (nSPS) is 10.5. The lowest BCUT2D eigenvalue weighted by atomic mass is 10.2. The van der Waals surface area contributed by atoms with Gasteiger partial charge < -0.3 is 24.3 Å². The first-order chi connectivity index (χ1) is 15.1. The van der Waals surface area contributed by atoms with Crippen LogP contribution in [0.15, 0.2) is 72.8 Å². The van der Waals surface area contributed by atoms with Crippen molar-refractivity contribution in [1.82, 2.24) is 0 Å². The number of rotatable bonds is 9. The molecule has 31 heavy (non-hydrogen) atoms. The van der Waals surface area contributed by atoms with Crippen LogP contribution in [0.2, 0.25) is 0 Å². The fourth-order valence-corrected chi connectivity index (χ4v) is 2.96. The van der Waals surface area contributed by atoms with Crippen LogP contribution in [0.5, 0.6) is 23.0 Å². The van der Waals surface area contributed by atoms with Crippen LogP contribution in [0.1, 0.15) is 11.1 Å². The quantitative estimate of drug-likeness (QED) is 0.498. The van der Waals surface area contributed by atoms with E-state index in [1.807, 2.05) is 54.6 Å². The second kappa shape index (κ2) is 10.7. The molecule has 3 aromatic carbocycles. The Morgan fingerprint density at radius 2 is 1.58 bits per heavy atom. The van der Waals surface area contributed by atoms with E-state index in [9.17, 15) is 4.79 Å². The predicted molar refractivity (Wildman–Crippen MR) is 121 cm³/mol. The zero-order valence-corrected chi connectivity index (χ0v) is 17.8. The minimum absolute atomic E-state index is 0.287. The Morgan fingerprint density at radius 1 is 0.871 bits per heavy atom. The Bertz CT molecular complexity index is 1020. The molecule has 0 bridgehead atoms. The minimum atomic E-state index is -0.287. The van der Waals surface area contributed by atoms with E-state index in [4.69, 9.17) is 18.9 Å². The average molecular weight is 419 g/mol. The monoisotopic (exact) mass is 419 g/mol. The van der Waals surface area contributed by atoms with Gasteiger partial charge in [0.25, 0.3) is 0 Å². The molecule has 0 spiro atoms. The molecule has 160 valence electrons. The highest BCUT2D eigenvalue weighted by atomic mass is 16.5. The number of carbonyl (C=O) groups excluding carboxylic acids is 1. The van der Waals surface area contributed by atoms with E-state index >= 15 is 0 Å². The van der Waals surface area contributed by atoms with Gasteiger partial charge in [0, 0.05) is 23.9 Å². The molecule has 0 unspecified atom stereocenters. The Kier molecular flexibility index (Phi) is 7.54. The van der Waals surface area contributed by atoms with Crippen LogP contribution in [0.25, 0.3) is 6.08 Å². The van der Waals surface area contributed by atoms with Gasteiger partial charge in [0.2, 0.25) is 11.7 Å². The number of methoxy groups -OCH3 is 3. The summed E-state index contributed by atoms with van der Waals surface area (Å²) in [6, 6.07) is 20.8. The highest BCUT2D eigenvalue weighted by molar-refractivity contribution is 6.02. The summed E-state index contributed by atoms with van der Waals surface area (Å²) in [6.07, 6.45) is 3.18. The lowest BCUT2D eigenvalue weighted by Gasteiger charge is -2.14. The molecular formula is C25H25NO5. The molecule has 3 rings (SSSR count). The molecule has 6 nitrogen and oxygen atoms in total. The third-order valence-corrected chi connectivity index (χ3v) is 4.47. The van der Waals surface area contributed by atoms with Crippen molar-refractivity contribution in [3.63, 3.8) is 0 Å². The van der Waals surface area contributed by atoms with Crippen LogP contribution < -0.4 is 24.3 Å². The van der Waals surface area contributed by atoms with Gasteiger partial charge in [-0.25, -0.2) is 0 Å². The smallest absolute Gasteiger partial charge is 0.248 e. The number of amides is 1. The van der Waals surface area contributed by atoms with Crippen LogP contribution in [-0.2, 0) is 11.4 Å². The summed E-state index contributed by atoms with van der Waals surface area (Å²) in [5.41, 5.74) is 2.47. The highest BCUT2D eigenvalue weighted by Gasteiger charge is 2.13. The number of benzene rings is 3. The predicted octanol–water partition coefficient (Wildman–Crippen LogP) is 4.94. The molecular weight excluding hydrogens is 394 g/mol. The fraction of sp³-hybridized carbons (Fsp3) is 0.160. The number of hydrogen-bond acceptors (Lipinski definition) is 5. The summed E-state index contributed by atoms with van der Waals surface area (Å²) in [6.45, 7) is 0.482. The van der Waals surface area contributed by atoms with Gasteiger partial charge in [0.1, 0.15) is 12.4 Å². The van der Waals surface area contributed by atoms with E-state index in [0.717, 1.165) is 16.9 Å². The number of nitrogens with one attached hydrogen (secondary N) is 1. The molecule has 0 heterocycles. The molecule has 0 radical (unpaired) electrons. The van der Waals surface area contributed by atoms with Crippen molar-refractivity contribution in [2.45, 2.75) is 6.61 Å². The minimum Gasteiger partial charge on any atom is -0.493 e. The summed E-state index contributed by atoms with van der Waals surface area (Å²) in [5.74, 6) is 1.83. The molecule has 3 aromatic rings.